The van der Waals surface area contributed by atoms with Crippen molar-refractivity contribution in [1.82, 2.24) is 0 Å². The fourth-order valence-corrected chi connectivity index (χ4v) is 2.82. The molecule has 1 aliphatic carbocycles. The standard InChI is InChI=1S/C16H23NO3/c1-3-11-7-9-12(10-8-11)20-16(18)13-5-4-6-14(17)15(13)19-2/h4-6,11-12H,3,7-10,17H2,1-2H3. The van der Waals surface area contributed by atoms with E-state index in [0.717, 1.165) is 31.6 Å². The van der Waals surface area contributed by atoms with Crippen molar-refractivity contribution in [2.45, 2.75) is 45.1 Å². The van der Waals surface area contributed by atoms with Crippen LogP contribution in [0.1, 0.15) is 49.4 Å². The lowest BCUT2D eigenvalue weighted by Crippen LogP contribution is -2.24. The SMILES string of the molecule is CCC1CCC(OC(=O)c2cccc(N)c2OC)CC1. The molecule has 0 radical (unpaired) electrons. The van der Waals surface area contributed by atoms with Crippen LogP contribution in [-0.2, 0) is 4.74 Å². The molecule has 1 saturated carbocycles. The van der Waals surface area contributed by atoms with E-state index in [0.29, 0.717) is 17.0 Å². The molecule has 2 rings (SSSR count). The van der Waals surface area contributed by atoms with Gasteiger partial charge in [0.25, 0.3) is 0 Å². The second kappa shape index (κ2) is 6.64. The predicted molar refractivity (Wildman–Crippen MR) is 78.9 cm³/mol. The summed E-state index contributed by atoms with van der Waals surface area (Å²) >= 11 is 0. The van der Waals surface area contributed by atoms with Gasteiger partial charge < -0.3 is 15.2 Å². The molecule has 0 unspecified atom stereocenters. The van der Waals surface area contributed by atoms with Crippen LogP contribution in [0, 0.1) is 5.92 Å². The van der Waals surface area contributed by atoms with Gasteiger partial charge in [-0.1, -0.05) is 19.4 Å². The van der Waals surface area contributed by atoms with Gasteiger partial charge in [-0.2, -0.15) is 0 Å². The normalized spacial score (nSPS) is 22.3. The molecule has 0 bridgehead atoms. The summed E-state index contributed by atoms with van der Waals surface area (Å²) in [5.74, 6) is 0.848. The van der Waals surface area contributed by atoms with Gasteiger partial charge in [-0.25, -0.2) is 4.79 Å². The maximum Gasteiger partial charge on any atom is 0.342 e. The molecule has 1 aliphatic rings. The Balaban J connectivity index is 2.01. The third-order valence-corrected chi connectivity index (χ3v) is 4.11. The molecular weight excluding hydrogens is 254 g/mol. The number of hydrogen-bond acceptors (Lipinski definition) is 4. The number of methoxy groups -OCH3 is 1. The Morgan fingerprint density at radius 3 is 2.60 bits per heavy atom. The van der Waals surface area contributed by atoms with Crippen LogP contribution in [0.2, 0.25) is 0 Å². The van der Waals surface area contributed by atoms with E-state index < -0.39 is 0 Å². The van der Waals surface area contributed by atoms with Gasteiger partial charge in [-0.3, -0.25) is 0 Å². The first-order valence-corrected chi connectivity index (χ1v) is 7.29. The molecule has 1 aromatic rings. The highest BCUT2D eigenvalue weighted by atomic mass is 16.5. The van der Waals surface area contributed by atoms with Gasteiger partial charge in [0.2, 0.25) is 0 Å². The highest BCUT2D eigenvalue weighted by molar-refractivity contribution is 5.94. The first-order chi connectivity index (χ1) is 9.65. The van der Waals surface area contributed by atoms with Crippen LogP contribution in [0.4, 0.5) is 5.69 Å². The van der Waals surface area contributed by atoms with Gasteiger partial charge in [0.15, 0.2) is 5.75 Å². The smallest absolute Gasteiger partial charge is 0.342 e. The van der Waals surface area contributed by atoms with Gasteiger partial charge >= 0.3 is 5.97 Å². The monoisotopic (exact) mass is 277 g/mol. The average Bonchev–Trinajstić information content (AvgIpc) is 2.47. The summed E-state index contributed by atoms with van der Waals surface area (Å²) in [7, 11) is 1.51. The molecule has 0 aromatic heterocycles. The quantitative estimate of drug-likeness (QED) is 0.676. The number of rotatable bonds is 4. The third kappa shape index (κ3) is 3.24. The lowest BCUT2D eigenvalue weighted by atomic mass is 9.86. The molecule has 4 nitrogen and oxygen atoms in total. The zero-order valence-electron chi connectivity index (χ0n) is 12.2. The Bertz CT molecular complexity index is 465. The molecule has 1 aromatic carbocycles. The van der Waals surface area contributed by atoms with E-state index in [2.05, 4.69) is 6.92 Å². The highest BCUT2D eigenvalue weighted by Gasteiger charge is 2.25. The Kier molecular flexibility index (Phi) is 4.88. The molecule has 4 heteroatoms. The minimum atomic E-state index is -0.339. The first kappa shape index (κ1) is 14.7. The van der Waals surface area contributed by atoms with Crippen LogP contribution in [-0.4, -0.2) is 19.2 Å². The number of nitrogens with two attached hydrogens (primary N) is 1. The lowest BCUT2D eigenvalue weighted by molar-refractivity contribution is 0.0161. The summed E-state index contributed by atoms with van der Waals surface area (Å²) in [5, 5.41) is 0. The van der Waals surface area contributed by atoms with E-state index in [1.165, 1.54) is 13.5 Å². The molecule has 1 fully saturated rings. The van der Waals surface area contributed by atoms with Gasteiger partial charge in [-0.15, -0.1) is 0 Å². The molecule has 0 atom stereocenters. The minimum absolute atomic E-state index is 0.0245. The second-order valence-corrected chi connectivity index (χ2v) is 5.38. The average molecular weight is 277 g/mol. The van der Waals surface area contributed by atoms with Crippen LogP contribution in [0.25, 0.3) is 0 Å². The highest BCUT2D eigenvalue weighted by Crippen LogP contribution is 2.31. The maximum atomic E-state index is 12.2. The Morgan fingerprint density at radius 1 is 1.30 bits per heavy atom. The van der Waals surface area contributed by atoms with Crippen molar-refractivity contribution in [2.75, 3.05) is 12.8 Å². The van der Waals surface area contributed by atoms with Gasteiger partial charge in [-0.05, 0) is 43.7 Å². The van der Waals surface area contributed by atoms with E-state index in [1.807, 2.05) is 0 Å². The molecule has 0 saturated heterocycles. The van der Waals surface area contributed by atoms with E-state index >= 15 is 0 Å². The van der Waals surface area contributed by atoms with E-state index in [4.69, 9.17) is 15.2 Å². The minimum Gasteiger partial charge on any atom is -0.494 e. The zero-order valence-corrected chi connectivity index (χ0v) is 12.2. The van der Waals surface area contributed by atoms with Crippen molar-refractivity contribution in [3.05, 3.63) is 23.8 Å². The van der Waals surface area contributed by atoms with Crippen LogP contribution in [0.5, 0.6) is 5.75 Å². The van der Waals surface area contributed by atoms with E-state index in [9.17, 15) is 4.79 Å². The summed E-state index contributed by atoms with van der Waals surface area (Å²) in [6, 6.07) is 5.14. The largest absolute Gasteiger partial charge is 0.494 e. The Morgan fingerprint density at radius 2 is 2.00 bits per heavy atom. The van der Waals surface area contributed by atoms with Crippen molar-refractivity contribution >= 4 is 11.7 Å². The predicted octanol–water partition coefficient (Wildman–Crippen LogP) is 3.40. The number of carbonyl (C=O) groups is 1. The molecule has 110 valence electrons. The number of para-hydroxylation sites is 1. The molecule has 2 N–H and O–H groups in total. The summed E-state index contributed by atoms with van der Waals surface area (Å²) in [4.78, 5) is 12.2. The molecule has 0 spiro atoms. The number of anilines is 1. The Labute approximate surface area is 120 Å². The number of carbonyl (C=O) groups excluding carboxylic acids is 1. The summed E-state index contributed by atoms with van der Waals surface area (Å²) in [5.41, 5.74) is 6.67. The van der Waals surface area contributed by atoms with Crippen LogP contribution >= 0.6 is 0 Å². The van der Waals surface area contributed by atoms with Crippen molar-refractivity contribution in [3.63, 3.8) is 0 Å². The fraction of sp³-hybridized carbons (Fsp3) is 0.562. The second-order valence-electron chi connectivity index (χ2n) is 5.38. The van der Waals surface area contributed by atoms with E-state index in [-0.39, 0.29) is 12.1 Å². The number of ether oxygens (including phenoxy) is 2. The van der Waals surface area contributed by atoms with Crippen LogP contribution < -0.4 is 10.5 Å². The summed E-state index contributed by atoms with van der Waals surface area (Å²) in [6.45, 7) is 2.22. The number of hydrogen-bond donors (Lipinski definition) is 1. The van der Waals surface area contributed by atoms with Crippen molar-refractivity contribution in [2.24, 2.45) is 5.92 Å². The van der Waals surface area contributed by atoms with Crippen molar-refractivity contribution in [1.29, 1.82) is 0 Å². The molecule has 0 heterocycles. The fourth-order valence-electron chi connectivity index (χ4n) is 2.82. The van der Waals surface area contributed by atoms with Gasteiger partial charge in [0, 0.05) is 0 Å². The molecule has 0 amide bonds. The molecular formula is C16H23NO3. The van der Waals surface area contributed by atoms with Crippen molar-refractivity contribution < 1.29 is 14.3 Å². The summed E-state index contributed by atoms with van der Waals surface area (Å²) in [6.07, 6.45) is 5.43. The third-order valence-electron chi connectivity index (χ3n) is 4.11. The van der Waals surface area contributed by atoms with Gasteiger partial charge in [0.05, 0.1) is 12.8 Å². The Hall–Kier alpha value is -1.71. The van der Waals surface area contributed by atoms with Crippen LogP contribution in [0.15, 0.2) is 18.2 Å². The van der Waals surface area contributed by atoms with Crippen molar-refractivity contribution in [3.8, 4) is 5.75 Å². The maximum absolute atomic E-state index is 12.2. The number of esters is 1. The summed E-state index contributed by atoms with van der Waals surface area (Å²) < 4.78 is 10.8. The zero-order chi connectivity index (χ0) is 14.5. The molecule has 0 aliphatic heterocycles. The molecule has 20 heavy (non-hydrogen) atoms. The van der Waals surface area contributed by atoms with Gasteiger partial charge in [0.1, 0.15) is 11.7 Å². The lowest BCUT2D eigenvalue weighted by Gasteiger charge is -2.27. The number of nitrogen functional groups attached to an aromatic ring is 1. The number of benzene rings is 1. The van der Waals surface area contributed by atoms with Crippen LogP contribution in [0.3, 0.4) is 0 Å². The topological polar surface area (TPSA) is 61.5 Å². The first-order valence-electron chi connectivity index (χ1n) is 7.29. The van der Waals surface area contributed by atoms with E-state index in [1.54, 1.807) is 18.2 Å².